The number of amides is 1. The number of aryl methyl sites for hydroxylation is 1. The van der Waals surface area contributed by atoms with E-state index in [2.05, 4.69) is 15.7 Å². The van der Waals surface area contributed by atoms with E-state index in [9.17, 15) is 14.7 Å². The maximum atomic E-state index is 12.5. The SMILES string of the molecule is Cc1ccc(=O)n(CC(=O)N[C@@H](C2CCNCC2)C2CC(O)C2)n1. The highest BCUT2D eigenvalue weighted by Gasteiger charge is 2.39. The standard InChI is InChI=1S/C17H26N4O3/c1-11-2-3-16(24)21(20-11)10-15(23)19-17(13-8-14(22)9-13)12-4-6-18-7-5-12/h2-3,12-14,17-18,22H,4-10H2,1H3,(H,19,23)/t13?,14?,17-/m0/s1. The first-order chi connectivity index (χ1) is 11.5. The molecule has 7 nitrogen and oxygen atoms in total. The predicted octanol–water partition coefficient (Wildman–Crippen LogP) is -0.193. The van der Waals surface area contributed by atoms with E-state index in [1.165, 1.54) is 10.7 Å². The van der Waals surface area contributed by atoms with Gasteiger partial charge in [0, 0.05) is 12.1 Å². The normalized spacial score (nSPS) is 25.8. The molecule has 0 radical (unpaired) electrons. The Labute approximate surface area is 141 Å². The molecule has 1 saturated heterocycles. The van der Waals surface area contributed by atoms with Gasteiger partial charge in [0.15, 0.2) is 0 Å². The minimum absolute atomic E-state index is 0.0583. The summed E-state index contributed by atoms with van der Waals surface area (Å²) in [7, 11) is 0. The minimum atomic E-state index is -0.270. The minimum Gasteiger partial charge on any atom is -0.393 e. The van der Waals surface area contributed by atoms with Gasteiger partial charge in [0.1, 0.15) is 6.54 Å². The van der Waals surface area contributed by atoms with E-state index in [1.54, 1.807) is 13.0 Å². The molecular weight excluding hydrogens is 308 g/mol. The Balaban J connectivity index is 1.66. The molecule has 1 aromatic heterocycles. The van der Waals surface area contributed by atoms with Crippen LogP contribution in [-0.2, 0) is 11.3 Å². The number of aromatic nitrogens is 2. The van der Waals surface area contributed by atoms with Crippen molar-refractivity contribution in [1.82, 2.24) is 20.4 Å². The molecule has 1 aliphatic carbocycles. The summed E-state index contributed by atoms with van der Waals surface area (Å²) < 4.78 is 1.21. The number of piperidine rings is 1. The van der Waals surface area contributed by atoms with Crippen molar-refractivity contribution < 1.29 is 9.90 Å². The maximum absolute atomic E-state index is 12.5. The van der Waals surface area contributed by atoms with Crippen LogP contribution in [0.5, 0.6) is 0 Å². The van der Waals surface area contributed by atoms with Gasteiger partial charge < -0.3 is 15.7 Å². The van der Waals surface area contributed by atoms with E-state index in [1.807, 2.05) is 0 Å². The summed E-state index contributed by atoms with van der Waals surface area (Å²) in [6.45, 7) is 3.66. The molecule has 2 aliphatic rings. The number of carbonyl (C=O) groups is 1. The van der Waals surface area contributed by atoms with Crippen LogP contribution in [0.15, 0.2) is 16.9 Å². The molecule has 1 atom stereocenters. The van der Waals surface area contributed by atoms with Crippen LogP contribution in [0.1, 0.15) is 31.4 Å². The molecular formula is C17H26N4O3. The summed E-state index contributed by atoms with van der Waals surface area (Å²) in [5.74, 6) is 0.573. The molecule has 2 heterocycles. The second kappa shape index (κ2) is 7.44. The molecule has 0 spiro atoms. The summed E-state index contributed by atoms with van der Waals surface area (Å²) in [6, 6.07) is 3.15. The van der Waals surface area contributed by atoms with Crippen molar-refractivity contribution in [3.8, 4) is 0 Å². The lowest BCUT2D eigenvalue weighted by atomic mass is 9.71. The predicted molar refractivity (Wildman–Crippen MR) is 89.5 cm³/mol. The molecule has 3 N–H and O–H groups in total. The van der Waals surface area contributed by atoms with E-state index < -0.39 is 0 Å². The van der Waals surface area contributed by atoms with Crippen LogP contribution in [0.3, 0.4) is 0 Å². The van der Waals surface area contributed by atoms with Gasteiger partial charge >= 0.3 is 0 Å². The van der Waals surface area contributed by atoms with Crippen molar-refractivity contribution in [3.63, 3.8) is 0 Å². The molecule has 3 rings (SSSR count). The monoisotopic (exact) mass is 334 g/mol. The first-order valence-corrected chi connectivity index (χ1v) is 8.76. The summed E-state index contributed by atoms with van der Waals surface area (Å²) in [4.78, 5) is 24.3. The maximum Gasteiger partial charge on any atom is 0.267 e. The second-order valence-corrected chi connectivity index (χ2v) is 7.04. The molecule has 0 aromatic carbocycles. The molecule has 2 fully saturated rings. The van der Waals surface area contributed by atoms with Crippen molar-refractivity contribution >= 4 is 5.91 Å². The molecule has 7 heteroatoms. The van der Waals surface area contributed by atoms with Gasteiger partial charge in [-0.15, -0.1) is 0 Å². The first kappa shape index (κ1) is 17.1. The lowest BCUT2D eigenvalue weighted by molar-refractivity contribution is -0.124. The van der Waals surface area contributed by atoms with E-state index >= 15 is 0 Å². The molecule has 1 aromatic rings. The number of rotatable bonds is 5. The molecule has 24 heavy (non-hydrogen) atoms. The van der Waals surface area contributed by atoms with E-state index in [0.717, 1.165) is 38.8 Å². The number of nitrogens with one attached hydrogen (secondary N) is 2. The number of aliphatic hydroxyl groups is 1. The van der Waals surface area contributed by atoms with Gasteiger partial charge in [-0.2, -0.15) is 5.10 Å². The van der Waals surface area contributed by atoms with E-state index in [4.69, 9.17) is 0 Å². The molecule has 132 valence electrons. The Morgan fingerprint density at radius 3 is 2.75 bits per heavy atom. The lowest BCUT2D eigenvalue weighted by Crippen LogP contribution is -2.53. The molecule has 1 amide bonds. The zero-order valence-electron chi connectivity index (χ0n) is 14.1. The van der Waals surface area contributed by atoms with Crippen LogP contribution in [0.2, 0.25) is 0 Å². The largest absolute Gasteiger partial charge is 0.393 e. The number of nitrogens with zero attached hydrogens (tertiary/aromatic N) is 2. The average Bonchev–Trinajstić information content (AvgIpc) is 2.54. The van der Waals surface area contributed by atoms with Crippen molar-refractivity contribution in [2.45, 2.75) is 51.3 Å². The van der Waals surface area contributed by atoms with Crippen LogP contribution >= 0.6 is 0 Å². The number of hydrogen-bond donors (Lipinski definition) is 3. The number of aliphatic hydroxyl groups excluding tert-OH is 1. The smallest absolute Gasteiger partial charge is 0.267 e. The molecule has 0 unspecified atom stereocenters. The zero-order valence-corrected chi connectivity index (χ0v) is 14.1. The van der Waals surface area contributed by atoms with Gasteiger partial charge in [0.05, 0.1) is 11.8 Å². The van der Waals surface area contributed by atoms with Gasteiger partial charge in [0.2, 0.25) is 5.91 Å². The average molecular weight is 334 g/mol. The van der Waals surface area contributed by atoms with Crippen LogP contribution in [0, 0.1) is 18.8 Å². The quantitative estimate of drug-likeness (QED) is 0.693. The Bertz CT molecular complexity index is 633. The van der Waals surface area contributed by atoms with E-state index in [0.29, 0.717) is 17.5 Å². The third-order valence-corrected chi connectivity index (χ3v) is 5.17. The third-order valence-electron chi connectivity index (χ3n) is 5.17. The van der Waals surface area contributed by atoms with Crippen molar-refractivity contribution in [3.05, 3.63) is 28.2 Å². The molecule has 1 aliphatic heterocycles. The Morgan fingerprint density at radius 1 is 1.38 bits per heavy atom. The van der Waals surface area contributed by atoms with Crippen molar-refractivity contribution in [2.75, 3.05) is 13.1 Å². The highest BCUT2D eigenvalue weighted by molar-refractivity contribution is 5.76. The Kier molecular flexibility index (Phi) is 5.30. The van der Waals surface area contributed by atoms with Crippen LogP contribution in [0.4, 0.5) is 0 Å². The molecule has 1 saturated carbocycles. The van der Waals surface area contributed by atoms with Crippen LogP contribution in [-0.4, -0.2) is 46.0 Å². The van der Waals surface area contributed by atoms with Crippen molar-refractivity contribution in [2.24, 2.45) is 11.8 Å². The fourth-order valence-corrected chi connectivity index (χ4v) is 3.78. The summed E-state index contributed by atoms with van der Waals surface area (Å²) >= 11 is 0. The highest BCUT2D eigenvalue weighted by atomic mass is 16.3. The van der Waals surface area contributed by atoms with Crippen LogP contribution < -0.4 is 16.2 Å². The summed E-state index contributed by atoms with van der Waals surface area (Å²) in [5.41, 5.74) is 0.438. The highest BCUT2D eigenvalue weighted by Crippen LogP contribution is 2.35. The second-order valence-electron chi connectivity index (χ2n) is 7.04. The Morgan fingerprint density at radius 2 is 2.08 bits per heavy atom. The van der Waals surface area contributed by atoms with Gasteiger partial charge in [-0.05, 0) is 63.6 Å². The van der Waals surface area contributed by atoms with Gasteiger partial charge in [-0.25, -0.2) is 4.68 Å². The third kappa shape index (κ3) is 4.02. The van der Waals surface area contributed by atoms with Crippen molar-refractivity contribution in [1.29, 1.82) is 0 Å². The summed E-state index contributed by atoms with van der Waals surface area (Å²) in [6.07, 6.45) is 3.31. The van der Waals surface area contributed by atoms with Gasteiger partial charge in [0.25, 0.3) is 5.56 Å². The number of hydrogen-bond acceptors (Lipinski definition) is 5. The topological polar surface area (TPSA) is 96.2 Å². The zero-order chi connectivity index (χ0) is 17.1. The van der Waals surface area contributed by atoms with E-state index in [-0.39, 0.29) is 30.2 Å². The number of carbonyl (C=O) groups excluding carboxylic acids is 1. The lowest BCUT2D eigenvalue weighted by Gasteiger charge is -2.43. The summed E-state index contributed by atoms with van der Waals surface area (Å²) in [5, 5.41) is 20.2. The van der Waals surface area contributed by atoms with Gasteiger partial charge in [-0.3, -0.25) is 9.59 Å². The molecule has 0 bridgehead atoms. The fraction of sp³-hybridized carbons (Fsp3) is 0.706. The van der Waals surface area contributed by atoms with Gasteiger partial charge in [-0.1, -0.05) is 0 Å². The Hall–Kier alpha value is -1.73. The van der Waals surface area contributed by atoms with Crippen LogP contribution in [0.25, 0.3) is 0 Å². The first-order valence-electron chi connectivity index (χ1n) is 8.76. The fourth-order valence-electron chi connectivity index (χ4n) is 3.78.